The van der Waals surface area contributed by atoms with Gasteiger partial charge in [0.2, 0.25) is 11.9 Å². The number of amides is 2. The molecular weight excluding hydrogens is 657 g/mol. The van der Waals surface area contributed by atoms with E-state index in [1.165, 1.54) is 30.3 Å². The SMILES string of the molecule is CCC(=O)NCCOCCOCCOCCNC(=O)c1ccc(Nc2ncc(C(F)(F)F)c(NCc3cccc(S(C)(=O)=O)c3)n2)cc1. The van der Waals surface area contributed by atoms with E-state index < -0.39 is 27.4 Å². The number of halogens is 3. The Morgan fingerprint density at radius 3 is 2.10 bits per heavy atom. The largest absolute Gasteiger partial charge is 0.421 e. The lowest BCUT2D eigenvalue weighted by Gasteiger charge is -2.15. The molecule has 0 bridgehead atoms. The van der Waals surface area contributed by atoms with Crippen molar-refractivity contribution in [3.63, 3.8) is 0 Å². The Morgan fingerprint density at radius 2 is 1.50 bits per heavy atom. The molecule has 3 rings (SSSR count). The molecule has 0 spiro atoms. The normalized spacial score (nSPS) is 11.6. The standard InChI is InChI=1S/C31H39F3N6O7S/c1-3-27(41)35-11-13-45-15-17-47-18-16-46-14-12-36-29(42)23-7-9-24(10-8-23)39-30-38-21-26(31(32,33)34)28(40-30)37-20-22-5-4-6-25(19-22)48(2,43)44/h4-10,19,21H,3,11-18,20H2,1-2H3,(H,35,41)(H,36,42)(H2,37,38,39,40). The molecular formula is C31H39F3N6O7S. The van der Waals surface area contributed by atoms with Gasteiger partial charge in [-0.2, -0.15) is 18.2 Å². The maximum Gasteiger partial charge on any atom is 0.421 e. The van der Waals surface area contributed by atoms with E-state index in [2.05, 4.69) is 31.2 Å². The Balaban J connectivity index is 1.41. The van der Waals surface area contributed by atoms with Gasteiger partial charge in [0.15, 0.2) is 9.84 Å². The number of carbonyl (C=O) groups is 2. The third kappa shape index (κ3) is 13.4. The van der Waals surface area contributed by atoms with Crippen molar-refractivity contribution in [2.75, 3.05) is 69.6 Å². The van der Waals surface area contributed by atoms with Gasteiger partial charge in [-0.15, -0.1) is 0 Å². The van der Waals surface area contributed by atoms with Gasteiger partial charge in [-0.1, -0.05) is 19.1 Å². The number of hydrogen-bond donors (Lipinski definition) is 4. The van der Waals surface area contributed by atoms with Gasteiger partial charge in [0.05, 0.1) is 44.5 Å². The van der Waals surface area contributed by atoms with Crippen LogP contribution in [-0.4, -0.2) is 89.2 Å². The van der Waals surface area contributed by atoms with Crippen molar-refractivity contribution in [1.82, 2.24) is 20.6 Å². The predicted octanol–water partition coefficient (Wildman–Crippen LogP) is 3.56. The lowest BCUT2D eigenvalue weighted by atomic mass is 10.2. The zero-order valence-electron chi connectivity index (χ0n) is 26.6. The van der Waals surface area contributed by atoms with Crippen molar-refractivity contribution in [2.45, 2.75) is 31.0 Å². The van der Waals surface area contributed by atoms with E-state index in [-0.39, 0.29) is 42.4 Å². The number of nitrogens with zero attached hydrogens (tertiary/aromatic N) is 2. The third-order valence-electron chi connectivity index (χ3n) is 6.45. The third-order valence-corrected chi connectivity index (χ3v) is 7.56. The van der Waals surface area contributed by atoms with Crippen LogP contribution in [0.1, 0.15) is 34.8 Å². The summed E-state index contributed by atoms with van der Waals surface area (Å²) in [5.41, 5.74) is 0.131. The first kappa shape index (κ1) is 38.1. The number of rotatable bonds is 20. The predicted molar refractivity (Wildman–Crippen MR) is 172 cm³/mol. The zero-order valence-corrected chi connectivity index (χ0v) is 27.4. The molecule has 0 fully saturated rings. The fourth-order valence-corrected chi connectivity index (χ4v) is 4.65. The lowest BCUT2D eigenvalue weighted by Crippen LogP contribution is -2.27. The number of carbonyl (C=O) groups excluding carboxylic acids is 2. The summed E-state index contributed by atoms with van der Waals surface area (Å²) in [5.74, 6) is -0.984. The zero-order chi connectivity index (χ0) is 35.0. The Hall–Kier alpha value is -4.32. The van der Waals surface area contributed by atoms with Crippen molar-refractivity contribution < 1.29 is 45.4 Å². The van der Waals surface area contributed by atoms with Crippen LogP contribution in [0.5, 0.6) is 0 Å². The molecule has 17 heteroatoms. The summed E-state index contributed by atoms with van der Waals surface area (Å²) >= 11 is 0. The number of benzene rings is 2. The van der Waals surface area contributed by atoms with Gasteiger partial charge in [-0.05, 0) is 42.0 Å². The highest BCUT2D eigenvalue weighted by Crippen LogP contribution is 2.34. The minimum absolute atomic E-state index is 0.0240. The van der Waals surface area contributed by atoms with E-state index in [1.54, 1.807) is 25.1 Å². The topological polar surface area (TPSA) is 170 Å². The summed E-state index contributed by atoms with van der Waals surface area (Å²) in [4.78, 5) is 31.4. The molecule has 2 aromatic carbocycles. The first-order valence-electron chi connectivity index (χ1n) is 15.0. The molecule has 1 heterocycles. The minimum Gasteiger partial charge on any atom is -0.377 e. The van der Waals surface area contributed by atoms with Crippen LogP contribution in [0.15, 0.2) is 59.6 Å². The summed E-state index contributed by atoms with van der Waals surface area (Å²) in [7, 11) is -3.49. The highest BCUT2D eigenvalue weighted by atomic mass is 32.2. The van der Waals surface area contributed by atoms with Gasteiger partial charge in [0, 0.05) is 49.8 Å². The molecule has 0 atom stereocenters. The van der Waals surface area contributed by atoms with Crippen LogP contribution >= 0.6 is 0 Å². The van der Waals surface area contributed by atoms with E-state index in [4.69, 9.17) is 14.2 Å². The Kier molecular flexibility index (Phi) is 15.0. The highest BCUT2D eigenvalue weighted by Gasteiger charge is 2.35. The van der Waals surface area contributed by atoms with Crippen LogP contribution in [0.3, 0.4) is 0 Å². The number of anilines is 3. The van der Waals surface area contributed by atoms with E-state index in [0.29, 0.717) is 69.0 Å². The second kappa shape index (κ2) is 18.9. The molecule has 0 aliphatic carbocycles. The summed E-state index contributed by atoms with van der Waals surface area (Å²) in [6.07, 6.45) is -2.62. The highest BCUT2D eigenvalue weighted by molar-refractivity contribution is 7.90. The monoisotopic (exact) mass is 696 g/mol. The molecule has 13 nitrogen and oxygen atoms in total. The van der Waals surface area contributed by atoms with Crippen molar-refractivity contribution >= 4 is 39.1 Å². The van der Waals surface area contributed by atoms with Crippen molar-refractivity contribution in [2.24, 2.45) is 0 Å². The summed E-state index contributed by atoms with van der Waals surface area (Å²) in [6, 6.07) is 12.0. The first-order valence-corrected chi connectivity index (χ1v) is 16.9. The van der Waals surface area contributed by atoms with Crippen molar-refractivity contribution in [3.8, 4) is 0 Å². The number of ether oxygens (including phenoxy) is 3. The van der Waals surface area contributed by atoms with Crippen LogP contribution < -0.4 is 21.3 Å². The van der Waals surface area contributed by atoms with Crippen LogP contribution in [0, 0.1) is 0 Å². The molecule has 4 N–H and O–H groups in total. The minimum atomic E-state index is -4.74. The second-order valence-electron chi connectivity index (χ2n) is 10.2. The van der Waals surface area contributed by atoms with Gasteiger partial charge in [-0.3, -0.25) is 9.59 Å². The van der Waals surface area contributed by atoms with Gasteiger partial charge < -0.3 is 35.5 Å². The second-order valence-corrected chi connectivity index (χ2v) is 12.2. The van der Waals surface area contributed by atoms with E-state index in [0.717, 1.165) is 6.26 Å². The summed E-state index contributed by atoms with van der Waals surface area (Å²) in [6.45, 7) is 4.53. The molecule has 0 radical (unpaired) electrons. The van der Waals surface area contributed by atoms with E-state index >= 15 is 0 Å². The van der Waals surface area contributed by atoms with E-state index in [9.17, 15) is 31.2 Å². The summed E-state index contributed by atoms with van der Waals surface area (Å²) < 4.78 is 80.8. The first-order chi connectivity index (χ1) is 22.9. The van der Waals surface area contributed by atoms with Crippen molar-refractivity contribution in [1.29, 1.82) is 0 Å². The number of nitrogens with one attached hydrogen (secondary N) is 4. The number of alkyl halides is 3. The molecule has 0 aliphatic rings. The summed E-state index contributed by atoms with van der Waals surface area (Å²) in [5, 5.41) is 10.9. The molecule has 48 heavy (non-hydrogen) atoms. The number of hydrogen-bond acceptors (Lipinski definition) is 11. The van der Waals surface area contributed by atoms with Crippen LogP contribution in [0.4, 0.5) is 30.6 Å². The Morgan fingerprint density at radius 1 is 0.875 bits per heavy atom. The number of aromatic nitrogens is 2. The fourth-order valence-electron chi connectivity index (χ4n) is 3.96. The fraction of sp³-hybridized carbons (Fsp3) is 0.419. The maximum atomic E-state index is 13.7. The molecule has 3 aromatic rings. The molecule has 0 saturated carbocycles. The Bertz CT molecular complexity index is 1590. The molecule has 1 aromatic heterocycles. The average molecular weight is 697 g/mol. The lowest BCUT2D eigenvalue weighted by molar-refractivity contribution is -0.137. The van der Waals surface area contributed by atoms with Gasteiger partial charge in [-0.25, -0.2) is 13.4 Å². The van der Waals surface area contributed by atoms with Crippen LogP contribution in [0.25, 0.3) is 0 Å². The number of sulfone groups is 1. The van der Waals surface area contributed by atoms with E-state index in [1.807, 2.05) is 0 Å². The maximum absolute atomic E-state index is 13.7. The van der Waals surface area contributed by atoms with Crippen LogP contribution in [0.2, 0.25) is 0 Å². The molecule has 0 saturated heterocycles. The molecule has 0 unspecified atom stereocenters. The average Bonchev–Trinajstić information content (AvgIpc) is 3.05. The van der Waals surface area contributed by atoms with Gasteiger partial charge in [0.25, 0.3) is 5.91 Å². The van der Waals surface area contributed by atoms with Gasteiger partial charge >= 0.3 is 6.18 Å². The quantitative estimate of drug-likeness (QED) is 0.128. The Labute approximate surface area is 276 Å². The molecule has 2 amide bonds. The van der Waals surface area contributed by atoms with Crippen molar-refractivity contribution in [3.05, 3.63) is 71.4 Å². The molecule has 262 valence electrons. The molecule has 0 aliphatic heterocycles. The smallest absolute Gasteiger partial charge is 0.377 e. The van der Waals surface area contributed by atoms with Gasteiger partial charge in [0.1, 0.15) is 11.4 Å². The van der Waals surface area contributed by atoms with Crippen LogP contribution in [-0.2, 0) is 41.6 Å².